The summed E-state index contributed by atoms with van der Waals surface area (Å²) < 4.78 is 4.49. The van der Waals surface area contributed by atoms with Gasteiger partial charge in [0.05, 0.1) is 7.11 Å². The molecule has 0 amide bonds. The first-order valence-electron chi connectivity index (χ1n) is 3.97. The molecule has 0 aliphatic carbocycles. The van der Waals surface area contributed by atoms with E-state index in [0.717, 1.165) is 5.69 Å². The van der Waals surface area contributed by atoms with Crippen molar-refractivity contribution in [3.63, 3.8) is 0 Å². The Morgan fingerprint density at radius 1 is 1.64 bits per heavy atom. The zero-order valence-corrected chi connectivity index (χ0v) is 8.66. The van der Waals surface area contributed by atoms with E-state index in [0.29, 0.717) is 6.42 Å². The zero-order valence-electron chi connectivity index (χ0n) is 7.84. The Morgan fingerprint density at radius 2 is 2.36 bits per heavy atom. The Morgan fingerprint density at radius 3 is 2.86 bits per heavy atom. The van der Waals surface area contributed by atoms with Crippen molar-refractivity contribution in [2.24, 2.45) is 5.73 Å². The van der Waals surface area contributed by atoms with Gasteiger partial charge in [0, 0.05) is 18.3 Å². The first-order valence-corrected chi connectivity index (χ1v) is 3.97. The van der Waals surface area contributed by atoms with E-state index in [4.69, 9.17) is 5.73 Å². The third-order valence-corrected chi connectivity index (χ3v) is 1.66. The predicted octanol–water partition coefficient (Wildman–Crippen LogP) is 0.546. The number of rotatable bonds is 3. The molecule has 78 valence electrons. The minimum Gasteiger partial charge on any atom is -0.468 e. The van der Waals surface area contributed by atoms with E-state index in [1.807, 2.05) is 18.2 Å². The van der Waals surface area contributed by atoms with Crippen molar-refractivity contribution in [3.8, 4) is 0 Å². The van der Waals surface area contributed by atoms with Crippen molar-refractivity contribution < 1.29 is 9.53 Å². The van der Waals surface area contributed by atoms with E-state index in [1.54, 1.807) is 6.20 Å². The Bertz CT molecular complexity index is 279. The number of halogens is 1. The molecule has 0 saturated heterocycles. The number of methoxy groups -OCH3 is 1. The number of carbonyl (C=O) groups excluding carboxylic acids is 1. The highest BCUT2D eigenvalue weighted by molar-refractivity contribution is 5.85. The summed E-state index contributed by atoms with van der Waals surface area (Å²) >= 11 is 0. The fourth-order valence-corrected chi connectivity index (χ4v) is 0.979. The van der Waals surface area contributed by atoms with Crippen LogP contribution in [-0.2, 0) is 16.0 Å². The van der Waals surface area contributed by atoms with Crippen molar-refractivity contribution in [1.29, 1.82) is 0 Å². The third kappa shape index (κ3) is 3.72. The monoisotopic (exact) mass is 216 g/mol. The largest absolute Gasteiger partial charge is 0.468 e. The molecule has 1 heterocycles. The van der Waals surface area contributed by atoms with Gasteiger partial charge in [0.1, 0.15) is 6.04 Å². The number of pyridine rings is 1. The van der Waals surface area contributed by atoms with Gasteiger partial charge >= 0.3 is 5.97 Å². The molecule has 0 radical (unpaired) electrons. The Kier molecular flexibility index (Phi) is 5.83. The average Bonchev–Trinajstić information content (AvgIpc) is 2.18. The molecule has 0 fully saturated rings. The number of ether oxygens (including phenoxy) is 1. The molecule has 0 aromatic carbocycles. The van der Waals surface area contributed by atoms with E-state index in [9.17, 15) is 4.79 Å². The number of nitrogens with two attached hydrogens (primary N) is 1. The van der Waals surface area contributed by atoms with Crippen LogP contribution < -0.4 is 5.73 Å². The summed E-state index contributed by atoms with van der Waals surface area (Å²) in [5.41, 5.74) is 6.34. The van der Waals surface area contributed by atoms with Gasteiger partial charge in [-0.1, -0.05) is 6.07 Å². The molecule has 14 heavy (non-hydrogen) atoms. The van der Waals surface area contributed by atoms with Crippen LogP contribution in [0.3, 0.4) is 0 Å². The smallest absolute Gasteiger partial charge is 0.323 e. The standard InChI is InChI=1S/C9H12N2O2.ClH/c1-13-9(12)8(10)6-7-4-2-3-5-11-7;/h2-5,8H,6,10H2,1H3;1H. The number of esters is 1. The number of carbonyl (C=O) groups is 1. The molecule has 1 aromatic heterocycles. The topological polar surface area (TPSA) is 65.2 Å². The van der Waals surface area contributed by atoms with Crippen molar-refractivity contribution in [2.45, 2.75) is 12.5 Å². The summed E-state index contributed by atoms with van der Waals surface area (Å²) in [6.07, 6.45) is 2.08. The third-order valence-electron chi connectivity index (χ3n) is 1.66. The Labute approximate surface area is 88.9 Å². The summed E-state index contributed by atoms with van der Waals surface area (Å²) in [6.45, 7) is 0. The van der Waals surface area contributed by atoms with E-state index < -0.39 is 12.0 Å². The molecule has 0 saturated carbocycles. The summed E-state index contributed by atoms with van der Waals surface area (Å²) in [5.74, 6) is -0.411. The fourth-order valence-electron chi connectivity index (χ4n) is 0.979. The number of aromatic nitrogens is 1. The summed E-state index contributed by atoms with van der Waals surface area (Å²) in [7, 11) is 1.32. The maximum Gasteiger partial charge on any atom is 0.323 e. The van der Waals surface area contributed by atoms with Crippen molar-refractivity contribution in [1.82, 2.24) is 4.98 Å². The molecule has 4 nitrogen and oxygen atoms in total. The maximum absolute atomic E-state index is 10.9. The lowest BCUT2D eigenvalue weighted by Crippen LogP contribution is -2.33. The van der Waals surface area contributed by atoms with Crippen LogP contribution in [0.15, 0.2) is 24.4 Å². The highest BCUT2D eigenvalue weighted by Gasteiger charge is 2.14. The molecular formula is C9H13ClN2O2. The van der Waals surface area contributed by atoms with Gasteiger partial charge in [-0.15, -0.1) is 12.4 Å². The van der Waals surface area contributed by atoms with Crippen LogP contribution in [0, 0.1) is 0 Å². The highest BCUT2D eigenvalue weighted by atomic mass is 35.5. The Hall–Kier alpha value is -1.13. The maximum atomic E-state index is 10.9. The van der Waals surface area contributed by atoms with Gasteiger partial charge in [-0.05, 0) is 12.1 Å². The molecular weight excluding hydrogens is 204 g/mol. The molecule has 0 aliphatic heterocycles. The SMILES string of the molecule is COC(=O)C(N)Cc1ccccn1.Cl. The zero-order chi connectivity index (χ0) is 9.68. The van der Waals surface area contributed by atoms with E-state index >= 15 is 0 Å². The lowest BCUT2D eigenvalue weighted by Gasteiger charge is -2.07. The van der Waals surface area contributed by atoms with Gasteiger partial charge in [-0.3, -0.25) is 9.78 Å². The summed E-state index contributed by atoms with van der Waals surface area (Å²) in [6, 6.07) is 4.86. The van der Waals surface area contributed by atoms with Crippen molar-refractivity contribution in [2.75, 3.05) is 7.11 Å². The van der Waals surface area contributed by atoms with Crippen LogP contribution in [0.2, 0.25) is 0 Å². The minimum atomic E-state index is -0.625. The molecule has 1 rings (SSSR count). The van der Waals surface area contributed by atoms with Crippen LogP contribution in [0.5, 0.6) is 0 Å². The number of nitrogens with zero attached hydrogens (tertiary/aromatic N) is 1. The minimum absolute atomic E-state index is 0. The van der Waals surface area contributed by atoms with E-state index in [2.05, 4.69) is 9.72 Å². The molecule has 1 unspecified atom stereocenters. The molecule has 1 aromatic rings. The predicted molar refractivity (Wildman–Crippen MR) is 55.2 cm³/mol. The van der Waals surface area contributed by atoms with Crippen LogP contribution >= 0.6 is 12.4 Å². The summed E-state index contributed by atoms with van der Waals surface area (Å²) in [5, 5.41) is 0. The first kappa shape index (κ1) is 12.9. The van der Waals surface area contributed by atoms with Gasteiger partial charge in [0.15, 0.2) is 0 Å². The normalized spacial score (nSPS) is 11.3. The second-order valence-electron chi connectivity index (χ2n) is 2.65. The van der Waals surface area contributed by atoms with Gasteiger partial charge in [-0.25, -0.2) is 0 Å². The molecule has 0 aliphatic rings. The molecule has 0 bridgehead atoms. The molecule has 2 N–H and O–H groups in total. The van der Waals surface area contributed by atoms with Crippen LogP contribution in [0.25, 0.3) is 0 Å². The molecule has 5 heteroatoms. The van der Waals surface area contributed by atoms with Gasteiger partial charge in [-0.2, -0.15) is 0 Å². The van der Waals surface area contributed by atoms with Gasteiger partial charge < -0.3 is 10.5 Å². The van der Waals surface area contributed by atoms with Gasteiger partial charge in [0.25, 0.3) is 0 Å². The van der Waals surface area contributed by atoms with E-state index in [1.165, 1.54) is 7.11 Å². The number of hydrogen-bond acceptors (Lipinski definition) is 4. The van der Waals surface area contributed by atoms with Crippen molar-refractivity contribution >= 4 is 18.4 Å². The second kappa shape index (κ2) is 6.34. The van der Waals surface area contributed by atoms with Crippen LogP contribution in [-0.4, -0.2) is 24.1 Å². The molecule has 1 atom stereocenters. The van der Waals surface area contributed by atoms with Crippen LogP contribution in [0.1, 0.15) is 5.69 Å². The number of hydrogen-bond donors (Lipinski definition) is 1. The fraction of sp³-hybridized carbons (Fsp3) is 0.333. The second-order valence-corrected chi connectivity index (χ2v) is 2.65. The lowest BCUT2D eigenvalue weighted by atomic mass is 10.1. The van der Waals surface area contributed by atoms with Gasteiger partial charge in [0.2, 0.25) is 0 Å². The first-order chi connectivity index (χ1) is 6.24. The lowest BCUT2D eigenvalue weighted by molar-refractivity contribution is -0.142. The quantitative estimate of drug-likeness (QED) is 0.750. The Balaban J connectivity index is 0.00000169. The molecule has 0 spiro atoms. The van der Waals surface area contributed by atoms with Crippen LogP contribution in [0.4, 0.5) is 0 Å². The average molecular weight is 217 g/mol. The highest BCUT2D eigenvalue weighted by Crippen LogP contribution is 1.98. The van der Waals surface area contributed by atoms with E-state index in [-0.39, 0.29) is 12.4 Å². The summed E-state index contributed by atoms with van der Waals surface area (Å²) in [4.78, 5) is 15.0. The van der Waals surface area contributed by atoms with Crippen molar-refractivity contribution in [3.05, 3.63) is 30.1 Å².